The van der Waals surface area contributed by atoms with Crippen molar-refractivity contribution in [1.82, 2.24) is 0 Å². The Balaban J connectivity index is 2.90. The van der Waals surface area contributed by atoms with Gasteiger partial charge in [0.25, 0.3) is 0 Å². The summed E-state index contributed by atoms with van der Waals surface area (Å²) in [6.45, 7) is -0.0404. The Kier molecular flexibility index (Phi) is 3.88. The van der Waals surface area contributed by atoms with E-state index < -0.39 is 58.0 Å². The molecule has 0 spiro atoms. The van der Waals surface area contributed by atoms with Crippen molar-refractivity contribution in [2.45, 2.75) is 59.0 Å². The van der Waals surface area contributed by atoms with Crippen LogP contribution in [0.3, 0.4) is 0 Å². The van der Waals surface area contributed by atoms with E-state index in [1.165, 1.54) is 0 Å². The van der Waals surface area contributed by atoms with Crippen LogP contribution in [0.2, 0.25) is 5.82 Å². The molecular formula is C11H7B4F9. The molecule has 0 aliphatic heterocycles. The Labute approximate surface area is 136 Å². The van der Waals surface area contributed by atoms with Crippen LogP contribution < -0.4 is 0 Å². The number of halogens is 9. The Morgan fingerprint density at radius 2 is 1.21 bits per heavy atom. The molecule has 2 aliphatic rings. The molecule has 0 saturated heterocycles. The van der Waals surface area contributed by atoms with Crippen LogP contribution in [0.15, 0.2) is 0 Å². The van der Waals surface area contributed by atoms with Gasteiger partial charge in [-0.05, 0) is 12.7 Å². The van der Waals surface area contributed by atoms with E-state index in [1.807, 2.05) is 0 Å². The van der Waals surface area contributed by atoms with Gasteiger partial charge in [-0.1, -0.05) is 0 Å². The molecule has 0 nitrogen and oxygen atoms in total. The molecule has 0 aromatic heterocycles. The van der Waals surface area contributed by atoms with E-state index in [0.29, 0.717) is 0 Å². The van der Waals surface area contributed by atoms with Crippen LogP contribution in [0, 0.1) is 5.92 Å². The predicted molar refractivity (Wildman–Crippen MR) is 69.9 cm³/mol. The average molecular weight is 353 g/mol. The second-order valence-corrected chi connectivity index (χ2v) is 6.48. The monoisotopic (exact) mass is 354 g/mol. The van der Waals surface area contributed by atoms with Crippen LogP contribution >= 0.6 is 0 Å². The van der Waals surface area contributed by atoms with Crippen molar-refractivity contribution in [3.8, 4) is 0 Å². The maximum Gasteiger partial charge on any atom is 0.308 e. The molecule has 2 aliphatic carbocycles. The first kappa shape index (κ1) is 19.9. The van der Waals surface area contributed by atoms with Crippen LogP contribution in [0.4, 0.5) is 39.5 Å². The van der Waals surface area contributed by atoms with Gasteiger partial charge >= 0.3 is 5.92 Å². The van der Waals surface area contributed by atoms with Gasteiger partial charge in [0.2, 0.25) is 0 Å². The summed E-state index contributed by atoms with van der Waals surface area (Å²) in [5.41, 5.74) is -24.4. The summed E-state index contributed by atoms with van der Waals surface area (Å²) < 4.78 is 128. The molecule has 126 valence electrons. The predicted octanol–water partition coefficient (Wildman–Crippen LogP) is 1.84. The smallest absolute Gasteiger partial charge is 0.251 e. The maximum absolute atomic E-state index is 15.2. The molecule has 13 heteroatoms. The van der Waals surface area contributed by atoms with Gasteiger partial charge in [0.05, 0.1) is 7.85 Å². The zero-order chi connectivity index (χ0) is 19.3. The molecule has 2 fully saturated rings. The molecular weight excluding hydrogens is 346 g/mol. The highest BCUT2D eigenvalue weighted by atomic mass is 19.3. The molecule has 9 unspecified atom stereocenters. The molecule has 2 rings (SSSR count). The van der Waals surface area contributed by atoms with Gasteiger partial charge in [0.1, 0.15) is 40.8 Å². The third-order valence-corrected chi connectivity index (χ3v) is 5.11. The van der Waals surface area contributed by atoms with E-state index >= 15 is 4.39 Å². The zero-order valence-electron chi connectivity index (χ0n) is 12.0. The molecule has 8 radical (unpaired) electrons. The van der Waals surface area contributed by atoms with Gasteiger partial charge in [-0.15, -0.1) is 0 Å². The highest BCUT2D eigenvalue weighted by Gasteiger charge is 2.89. The summed E-state index contributed by atoms with van der Waals surface area (Å²) in [4.78, 5) is 0. The number of hydrogen-bond acceptors (Lipinski definition) is 0. The summed E-state index contributed by atoms with van der Waals surface area (Å²) in [6.07, 6.45) is -7.68. The summed E-state index contributed by atoms with van der Waals surface area (Å²) in [5, 5.41) is 0. The third-order valence-electron chi connectivity index (χ3n) is 5.11. The van der Waals surface area contributed by atoms with Crippen molar-refractivity contribution in [3.05, 3.63) is 0 Å². The van der Waals surface area contributed by atoms with Crippen LogP contribution in [0.1, 0.15) is 6.92 Å². The van der Waals surface area contributed by atoms with Gasteiger partial charge in [0.15, 0.2) is 23.1 Å². The van der Waals surface area contributed by atoms with Crippen molar-refractivity contribution < 1.29 is 39.5 Å². The van der Waals surface area contributed by atoms with Crippen molar-refractivity contribution in [1.29, 1.82) is 0 Å². The lowest BCUT2D eigenvalue weighted by atomic mass is 9.33. The van der Waals surface area contributed by atoms with Gasteiger partial charge in [-0.2, -0.15) is 0 Å². The third kappa shape index (κ3) is 1.70. The summed E-state index contributed by atoms with van der Waals surface area (Å²) >= 11 is 0. The first-order valence-electron chi connectivity index (χ1n) is 6.57. The normalized spacial score (nSPS) is 63.6. The van der Waals surface area contributed by atoms with E-state index in [2.05, 4.69) is 23.5 Å². The number of hydrogen-bond donors (Lipinski definition) is 0. The van der Waals surface area contributed by atoms with Crippen LogP contribution in [0.5, 0.6) is 0 Å². The number of rotatable bonds is 0. The first-order valence-corrected chi connectivity index (χ1v) is 6.57. The topological polar surface area (TPSA) is 0 Å². The Morgan fingerprint density at radius 1 is 0.792 bits per heavy atom. The molecule has 0 N–H and O–H groups in total. The Morgan fingerprint density at radius 3 is 1.62 bits per heavy atom. The Bertz CT molecular complexity index is 542. The summed E-state index contributed by atoms with van der Waals surface area (Å²) in [6, 6.07) is 0. The van der Waals surface area contributed by atoms with Gasteiger partial charge in [-0.25, -0.2) is 35.1 Å². The largest absolute Gasteiger partial charge is 0.308 e. The standard InChI is InChI=1S/C11H7B4F9/c1-6(18)4(16)2(12)3-7(13,19)5(17)9(21,22)11(15,24)8(3,20)10(6,14)23/h2-5H,1H3. The van der Waals surface area contributed by atoms with Crippen LogP contribution in [0.25, 0.3) is 0 Å². The fourth-order valence-electron chi connectivity index (χ4n) is 3.53. The number of alkyl halides is 9. The summed E-state index contributed by atoms with van der Waals surface area (Å²) in [7, 11) is 18.8. The Hall–Kier alpha value is -0.370. The van der Waals surface area contributed by atoms with Crippen molar-refractivity contribution >= 4 is 31.4 Å². The van der Waals surface area contributed by atoms with E-state index in [0.717, 1.165) is 0 Å². The molecule has 0 heterocycles. The van der Waals surface area contributed by atoms with Gasteiger partial charge in [-0.3, -0.25) is 4.39 Å². The average Bonchev–Trinajstić information content (AvgIpc) is 2.41. The SMILES string of the molecule is [B]C1C(F)C(C)(F)C([B])(F)C2(F)C1C([B])(F)C(F)C(F)(F)C2([B])F. The van der Waals surface area contributed by atoms with Gasteiger partial charge in [0, 0.05) is 5.92 Å². The van der Waals surface area contributed by atoms with Crippen molar-refractivity contribution in [3.63, 3.8) is 0 Å². The first-order chi connectivity index (χ1) is 10.3. The molecule has 0 aromatic rings. The number of fused-ring (bicyclic) bond motifs is 1. The van der Waals surface area contributed by atoms with Gasteiger partial charge < -0.3 is 0 Å². The van der Waals surface area contributed by atoms with E-state index in [9.17, 15) is 35.1 Å². The van der Waals surface area contributed by atoms with E-state index in [1.54, 1.807) is 0 Å². The fourth-order valence-corrected chi connectivity index (χ4v) is 3.53. The lowest BCUT2D eigenvalue weighted by Crippen LogP contribution is -2.88. The lowest BCUT2D eigenvalue weighted by Gasteiger charge is -2.67. The maximum atomic E-state index is 15.2. The molecule has 0 bridgehead atoms. The molecule has 24 heavy (non-hydrogen) atoms. The minimum absolute atomic E-state index is 0.0404. The summed E-state index contributed by atoms with van der Waals surface area (Å²) in [5.74, 6) is -12.2. The van der Waals surface area contributed by atoms with Crippen LogP contribution in [-0.2, 0) is 0 Å². The highest BCUT2D eigenvalue weighted by Crippen LogP contribution is 2.69. The zero-order valence-corrected chi connectivity index (χ0v) is 12.0. The van der Waals surface area contributed by atoms with Crippen LogP contribution in [-0.4, -0.2) is 77.7 Å². The molecule has 2 saturated carbocycles. The quantitative estimate of drug-likeness (QED) is 0.461. The second-order valence-electron chi connectivity index (χ2n) is 6.48. The van der Waals surface area contributed by atoms with Crippen molar-refractivity contribution in [2.75, 3.05) is 0 Å². The molecule has 9 atom stereocenters. The molecule has 0 aromatic carbocycles. The lowest BCUT2D eigenvalue weighted by molar-refractivity contribution is -0.320. The van der Waals surface area contributed by atoms with E-state index in [-0.39, 0.29) is 6.92 Å². The van der Waals surface area contributed by atoms with E-state index in [4.69, 9.17) is 7.85 Å². The highest BCUT2D eigenvalue weighted by molar-refractivity contribution is 6.24. The molecule has 0 amide bonds. The fraction of sp³-hybridized carbons (Fsp3) is 1.00. The minimum Gasteiger partial charge on any atom is -0.251 e. The van der Waals surface area contributed by atoms with Crippen molar-refractivity contribution in [2.24, 2.45) is 5.92 Å². The second kappa shape index (κ2) is 4.67. The minimum atomic E-state index is -5.78.